The lowest BCUT2D eigenvalue weighted by Crippen LogP contribution is -2.68. The number of aliphatic hydroxyl groups is 2. The number of rotatable bonds is 16. The van der Waals surface area contributed by atoms with Crippen molar-refractivity contribution in [2.24, 2.45) is 5.41 Å². The second-order valence-electron chi connectivity index (χ2n) is 9.01. The van der Waals surface area contributed by atoms with Crippen LogP contribution in [0.4, 0.5) is 0 Å². The van der Waals surface area contributed by atoms with E-state index in [-0.39, 0.29) is 12.2 Å². The standard InChI is InChI=1S/C22H42B3N2O4/c1-9-19(7,30)15(28)17(23)26-20(8,10-2)21(11-3,12-4)16(29)18(25-24)27-22(31,13-5)14-6/h17-18,26-27,30-31H,9-14H2,1-8H3. The van der Waals surface area contributed by atoms with Crippen LogP contribution in [-0.2, 0) is 9.59 Å². The fraction of sp³-hybridized carbons (Fsp3) is 0.909. The summed E-state index contributed by atoms with van der Waals surface area (Å²) in [7, 11) is 13.3. The molecule has 0 spiro atoms. The minimum Gasteiger partial charge on any atom is -0.382 e. The molecule has 0 aliphatic rings. The van der Waals surface area contributed by atoms with E-state index in [0.29, 0.717) is 32.1 Å². The van der Waals surface area contributed by atoms with Crippen LogP contribution in [0.25, 0.3) is 0 Å². The van der Waals surface area contributed by atoms with Crippen molar-refractivity contribution in [2.45, 2.75) is 123 Å². The Morgan fingerprint density at radius 3 is 1.65 bits per heavy atom. The average molecular weight is 431 g/mol. The van der Waals surface area contributed by atoms with Gasteiger partial charge in [0.25, 0.3) is 0 Å². The van der Waals surface area contributed by atoms with Crippen LogP contribution in [-0.4, -0.2) is 73.3 Å². The molecule has 4 atom stereocenters. The maximum absolute atomic E-state index is 13.9. The summed E-state index contributed by atoms with van der Waals surface area (Å²) < 4.78 is 0. The van der Waals surface area contributed by atoms with Gasteiger partial charge in [-0.3, -0.25) is 14.9 Å². The first-order chi connectivity index (χ1) is 14.2. The number of hydrogen-bond donors (Lipinski definition) is 4. The smallest absolute Gasteiger partial charge is 0.171 e. The van der Waals surface area contributed by atoms with Crippen molar-refractivity contribution in [3.63, 3.8) is 0 Å². The van der Waals surface area contributed by atoms with Gasteiger partial charge in [0.15, 0.2) is 5.78 Å². The van der Waals surface area contributed by atoms with E-state index in [1.54, 1.807) is 6.92 Å². The molecule has 4 N–H and O–H groups in total. The third-order valence-electron chi connectivity index (χ3n) is 7.49. The van der Waals surface area contributed by atoms with Gasteiger partial charge in [-0.25, -0.2) is 0 Å². The summed E-state index contributed by atoms with van der Waals surface area (Å²) in [6.45, 7) is 14.5. The third kappa shape index (κ3) is 6.46. The van der Waals surface area contributed by atoms with Crippen molar-refractivity contribution in [2.75, 3.05) is 0 Å². The van der Waals surface area contributed by atoms with Crippen LogP contribution in [0.15, 0.2) is 0 Å². The Labute approximate surface area is 193 Å². The van der Waals surface area contributed by atoms with Gasteiger partial charge in [-0.05, 0) is 52.4 Å². The van der Waals surface area contributed by atoms with Crippen LogP contribution in [0.2, 0.25) is 0 Å². The molecule has 0 aromatic rings. The maximum Gasteiger partial charge on any atom is 0.171 e. The molecule has 0 aliphatic heterocycles. The van der Waals surface area contributed by atoms with E-state index < -0.39 is 39.9 Å². The number of carbonyl (C=O) groups excluding carboxylic acids is 2. The summed E-state index contributed by atoms with van der Waals surface area (Å²) in [5.74, 6) is -2.70. The van der Waals surface area contributed by atoms with Gasteiger partial charge in [-0.1, -0.05) is 41.5 Å². The Morgan fingerprint density at radius 1 is 0.839 bits per heavy atom. The lowest BCUT2D eigenvalue weighted by Gasteiger charge is -2.51. The van der Waals surface area contributed by atoms with E-state index in [1.807, 2.05) is 41.5 Å². The summed E-state index contributed by atoms with van der Waals surface area (Å²) in [4.78, 5) is 26.6. The van der Waals surface area contributed by atoms with E-state index >= 15 is 0 Å². The minimum atomic E-state index is -1.56. The number of carbonyl (C=O) groups is 2. The molecule has 5 radical (unpaired) electrons. The van der Waals surface area contributed by atoms with Crippen molar-refractivity contribution in [3.05, 3.63) is 0 Å². The lowest BCUT2D eigenvalue weighted by atomic mass is 9.45. The second kappa shape index (κ2) is 12.0. The van der Waals surface area contributed by atoms with E-state index in [0.717, 1.165) is 0 Å². The molecular formula is C22H42B3N2O4. The van der Waals surface area contributed by atoms with Crippen LogP contribution in [0.1, 0.15) is 93.9 Å². The highest BCUT2D eigenvalue weighted by Gasteiger charge is 2.53. The van der Waals surface area contributed by atoms with E-state index in [2.05, 4.69) is 10.6 Å². The highest BCUT2D eigenvalue weighted by molar-refractivity contribution is 6.92. The Morgan fingerprint density at radius 2 is 1.32 bits per heavy atom. The molecule has 0 heterocycles. The molecule has 0 fully saturated rings. The molecule has 31 heavy (non-hydrogen) atoms. The van der Waals surface area contributed by atoms with Crippen LogP contribution in [0, 0.1) is 5.41 Å². The quantitative estimate of drug-likeness (QED) is 0.219. The van der Waals surface area contributed by atoms with Crippen molar-refractivity contribution >= 4 is 34.3 Å². The SMILES string of the molecule is [B][B]C(NC(O)(CC)CC)C(=O)C(CC)(CC)C(C)(CC)NC([B])C(=O)C(C)(O)CC. The predicted octanol–water partition coefficient (Wildman–Crippen LogP) is 1.56. The highest BCUT2D eigenvalue weighted by atomic mass is 16.3. The first kappa shape index (κ1) is 30.4. The molecule has 0 rings (SSSR count). The molecule has 0 aliphatic carbocycles. The number of ketones is 2. The summed E-state index contributed by atoms with van der Waals surface area (Å²) >= 11 is 0. The number of Topliss-reactive ketones (excluding diaryl/α,β-unsaturated/α-hetero) is 2. The molecule has 0 bridgehead atoms. The fourth-order valence-electron chi connectivity index (χ4n) is 4.39. The molecule has 0 saturated heterocycles. The normalized spacial score (nSPS) is 18.5. The van der Waals surface area contributed by atoms with Crippen LogP contribution >= 0.6 is 0 Å². The molecular weight excluding hydrogens is 389 g/mol. The van der Waals surface area contributed by atoms with Crippen molar-refractivity contribution in [3.8, 4) is 0 Å². The van der Waals surface area contributed by atoms with Gasteiger partial charge in [0.2, 0.25) is 0 Å². The monoisotopic (exact) mass is 431 g/mol. The summed E-state index contributed by atoms with van der Waals surface area (Å²) in [5.41, 5.74) is -4.55. The van der Waals surface area contributed by atoms with Crippen molar-refractivity contribution in [1.29, 1.82) is 0 Å². The second-order valence-corrected chi connectivity index (χ2v) is 9.01. The minimum absolute atomic E-state index is 0.168. The predicted molar refractivity (Wildman–Crippen MR) is 129 cm³/mol. The summed E-state index contributed by atoms with van der Waals surface area (Å²) in [6, 6.07) is 0. The Hall–Kier alpha value is -0.625. The zero-order valence-corrected chi connectivity index (χ0v) is 20.8. The average Bonchev–Trinajstić information content (AvgIpc) is 2.77. The zero-order valence-electron chi connectivity index (χ0n) is 20.8. The fourth-order valence-corrected chi connectivity index (χ4v) is 4.39. The Bertz CT molecular complexity index is 595. The number of nitrogens with one attached hydrogen (secondary N) is 2. The largest absolute Gasteiger partial charge is 0.382 e. The summed E-state index contributed by atoms with van der Waals surface area (Å²) in [5, 5.41) is 27.3. The van der Waals surface area contributed by atoms with Gasteiger partial charge in [0.05, 0.1) is 7.17 Å². The molecule has 0 amide bonds. The third-order valence-corrected chi connectivity index (χ3v) is 7.49. The molecule has 6 nitrogen and oxygen atoms in total. The highest BCUT2D eigenvalue weighted by Crippen LogP contribution is 2.43. The van der Waals surface area contributed by atoms with Gasteiger partial charge < -0.3 is 15.5 Å². The first-order valence-electron chi connectivity index (χ1n) is 11.6. The van der Waals surface area contributed by atoms with Gasteiger partial charge in [0, 0.05) is 30.6 Å². The van der Waals surface area contributed by atoms with Crippen molar-refractivity contribution in [1.82, 2.24) is 10.6 Å². The van der Waals surface area contributed by atoms with Crippen LogP contribution < -0.4 is 10.6 Å². The molecule has 0 aromatic heterocycles. The molecule has 0 saturated carbocycles. The number of hydrogen-bond acceptors (Lipinski definition) is 6. The van der Waals surface area contributed by atoms with Gasteiger partial charge in [-0.15, -0.1) is 0 Å². The molecule has 173 valence electrons. The van der Waals surface area contributed by atoms with Gasteiger partial charge in [0.1, 0.15) is 25.0 Å². The first-order valence-corrected chi connectivity index (χ1v) is 11.6. The Kier molecular flexibility index (Phi) is 11.8. The van der Waals surface area contributed by atoms with E-state index in [4.69, 9.17) is 15.6 Å². The van der Waals surface area contributed by atoms with Gasteiger partial charge in [-0.2, -0.15) is 0 Å². The van der Waals surface area contributed by atoms with E-state index in [1.165, 1.54) is 14.1 Å². The topological polar surface area (TPSA) is 98.7 Å². The molecule has 9 heteroatoms. The lowest BCUT2D eigenvalue weighted by molar-refractivity contribution is -0.141. The van der Waals surface area contributed by atoms with Crippen LogP contribution in [0.3, 0.4) is 0 Å². The molecule has 0 aromatic carbocycles. The van der Waals surface area contributed by atoms with Gasteiger partial charge >= 0.3 is 0 Å². The van der Waals surface area contributed by atoms with Crippen molar-refractivity contribution < 1.29 is 19.8 Å². The Balaban J connectivity index is 6.19. The summed E-state index contributed by atoms with van der Waals surface area (Å²) in [6.07, 6.45) is 2.54. The van der Waals surface area contributed by atoms with E-state index in [9.17, 15) is 19.8 Å². The zero-order chi connectivity index (χ0) is 24.7. The van der Waals surface area contributed by atoms with Crippen LogP contribution in [0.5, 0.6) is 0 Å². The maximum atomic E-state index is 13.9. The molecule has 4 unspecified atom stereocenters.